The summed E-state index contributed by atoms with van der Waals surface area (Å²) in [4.78, 5) is 34.0. The third kappa shape index (κ3) is 10.0. The first-order valence-corrected chi connectivity index (χ1v) is 11.9. The van der Waals surface area contributed by atoms with Gasteiger partial charge in [-0.05, 0) is 47.9 Å². The number of alkyl halides is 3. The van der Waals surface area contributed by atoms with E-state index in [0.29, 0.717) is 16.8 Å². The van der Waals surface area contributed by atoms with Crippen LogP contribution in [0.4, 0.5) is 23.7 Å². The quantitative estimate of drug-likeness (QED) is 0.197. The summed E-state index contributed by atoms with van der Waals surface area (Å²) >= 11 is 0. The van der Waals surface area contributed by atoms with Gasteiger partial charge in [0.05, 0.1) is 18.2 Å². The average molecular weight is 570 g/mol. The molecule has 3 rings (SSSR count). The number of hydrogen-bond acceptors (Lipinski definition) is 6. The van der Waals surface area contributed by atoms with Crippen LogP contribution in [0.25, 0.3) is 11.1 Å². The molecule has 0 aliphatic rings. The lowest BCUT2D eigenvalue weighted by atomic mass is 10.00. The first kappa shape index (κ1) is 31.8. The summed E-state index contributed by atoms with van der Waals surface area (Å²) < 4.78 is 36.7. The summed E-state index contributed by atoms with van der Waals surface area (Å²) in [5.41, 5.74) is 9.57. The average Bonchev–Trinajstić information content (AvgIpc) is 2.93. The van der Waals surface area contributed by atoms with Crippen LogP contribution in [0, 0.1) is 16.7 Å². The zero-order valence-electron chi connectivity index (χ0n) is 21.7. The summed E-state index contributed by atoms with van der Waals surface area (Å²) in [6, 6.07) is 22.6. The highest BCUT2D eigenvalue weighted by Gasteiger charge is 2.38. The zero-order valence-corrected chi connectivity index (χ0v) is 21.7. The van der Waals surface area contributed by atoms with E-state index in [4.69, 9.17) is 25.8 Å². The molecule has 3 aromatic carbocycles. The third-order valence-electron chi connectivity index (χ3n) is 5.32. The molecule has 0 fully saturated rings. The monoisotopic (exact) mass is 569 g/mol. The second kappa shape index (κ2) is 14.7. The number of anilines is 1. The predicted octanol–water partition coefficient (Wildman–Crippen LogP) is 4.44. The van der Waals surface area contributed by atoms with Crippen molar-refractivity contribution in [1.82, 2.24) is 5.32 Å². The molecule has 0 aliphatic heterocycles. The molecule has 41 heavy (non-hydrogen) atoms. The molecular weight excluding hydrogens is 543 g/mol. The van der Waals surface area contributed by atoms with Crippen LogP contribution >= 0.6 is 0 Å². The highest BCUT2D eigenvalue weighted by atomic mass is 19.4. The van der Waals surface area contributed by atoms with E-state index in [2.05, 4.69) is 16.7 Å². The van der Waals surface area contributed by atoms with Gasteiger partial charge in [-0.3, -0.25) is 10.2 Å². The van der Waals surface area contributed by atoms with Gasteiger partial charge in [0.25, 0.3) is 0 Å². The Balaban J connectivity index is 0.000000745. The minimum absolute atomic E-state index is 0.0840. The molecule has 0 aliphatic carbocycles. The number of halogens is 3. The van der Waals surface area contributed by atoms with Crippen LogP contribution in [0.15, 0.2) is 72.8 Å². The fourth-order valence-electron chi connectivity index (χ4n) is 3.42. The highest BCUT2D eigenvalue weighted by molar-refractivity contribution is 5.97. The van der Waals surface area contributed by atoms with Gasteiger partial charge in [0.2, 0.25) is 5.91 Å². The number of nitriles is 1. The molecule has 0 saturated carbocycles. The van der Waals surface area contributed by atoms with Crippen molar-refractivity contribution in [3.63, 3.8) is 0 Å². The second-order valence-corrected chi connectivity index (χ2v) is 8.26. The lowest BCUT2D eigenvalue weighted by molar-refractivity contribution is -0.192. The molecule has 0 bridgehead atoms. The van der Waals surface area contributed by atoms with Gasteiger partial charge in [-0.1, -0.05) is 48.5 Å². The van der Waals surface area contributed by atoms with Gasteiger partial charge in [0.1, 0.15) is 11.9 Å². The molecule has 214 valence electrons. The number of nitrogens with zero attached hydrogens (tertiary/aromatic N) is 1. The van der Waals surface area contributed by atoms with Crippen LogP contribution in [0.2, 0.25) is 0 Å². The predicted molar refractivity (Wildman–Crippen MR) is 144 cm³/mol. The van der Waals surface area contributed by atoms with Crippen molar-refractivity contribution >= 4 is 29.5 Å². The van der Waals surface area contributed by atoms with Crippen molar-refractivity contribution in [3.8, 4) is 17.2 Å². The molecule has 0 unspecified atom stereocenters. The topological polar surface area (TPSA) is 178 Å². The normalized spacial score (nSPS) is 11.1. The molecule has 13 heteroatoms. The molecule has 0 aromatic heterocycles. The van der Waals surface area contributed by atoms with Crippen LogP contribution in [0.1, 0.15) is 23.6 Å². The van der Waals surface area contributed by atoms with Crippen LogP contribution in [-0.4, -0.2) is 47.7 Å². The number of rotatable bonds is 8. The molecule has 0 heterocycles. The van der Waals surface area contributed by atoms with Crippen LogP contribution in [0.3, 0.4) is 0 Å². The molecule has 1 atom stereocenters. The van der Waals surface area contributed by atoms with E-state index in [1.165, 1.54) is 0 Å². The number of carboxylic acid groups (broad SMARTS) is 1. The van der Waals surface area contributed by atoms with Crippen molar-refractivity contribution in [2.24, 2.45) is 5.73 Å². The fourth-order valence-corrected chi connectivity index (χ4v) is 3.42. The maximum atomic E-state index is 13.0. The molecule has 6 N–H and O–H groups in total. The molecule has 0 spiro atoms. The molecule has 3 aromatic rings. The number of carbonyl (C=O) groups is 3. The van der Waals surface area contributed by atoms with Crippen molar-refractivity contribution in [1.29, 1.82) is 10.7 Å². The largest absolute Gasteiger partial charge is 0.490 e. The van der Waals surface area contributed by atoms with Crippen molar-refractivity contribution in [2.75, 3.05) is 11.9 Å². The molecule has 0 saturated heterocycles. The van der Waals surface area contributed by atoms with Gasteiger partial charge in [-0.25, -0.2) is 9.59 Å². The lowest BCUT2D eigenvalue weighted by Crippen LogP contribution is -2.45. The van der Waals surface area contributed by atoms with Crippen molar-refractivity contribution in [3.05, 3.63) is 89.5 Å². The van der Waals surface area contributed by atoms with Gasteiger partial charge < -0.3 is 26.2 Å². The number of amidine groups is 1. The number of amides is 2. The number of nitrogens with one attached hydrogen (secondary N) is 3. The maximum absolute atomic E-state index is 13.0. The number of nitrogen functional groups attached to an aromatic ring is 1. The van der Waals surface area contributed by atoms with Gasteiger partial charge in [0, 0.05) is 17.7 Å². The number of nitrogens with two attached hydrogens (primary N) is 1. The summed E-state index contributed by atoms with van der Waals surface area (Å²) in [6.07, 6.45) is -5.60. The summed E-state index contributed by atoms with van der Waals surface area (Å²) in [5.74, 6) is -3.27. The standard InChI is InChI=1S/C26H25N5O3.C2HF3O2/c1-2-34-26(33)31-23(15-17-6-5-8-19(14-17)24(28)29)25(32)30-21-12-10-18(11-13-21)22-9-4-3-7-20(22)16-27;3-2(4,5)1(6)7/h3-14,23H,2,15H2,1H3,(H3,28,29)(H,30,32)(H,31,33);(H,6,7)/t23-;/m0./s1. The number of carboxylic acids is 1. The third-order valence-corrected chi connectivity index (χ3v) is 5.32. The number of hydrogen-bond donors (Lipinski definition) is 5. The van der Waals surface area contributed by atoms with Crippen LogP contribution in [0.5, 0.6) is 0 Å². The summed E-state index contributed by atoms with van der Waals surface area (Å²) in [6.45, 7) is 1.85. The number of carbonyl (C=O) groups excluding carboxylic acids is 2. The summed E-state index contributed by atoms with van der Waals surface area (Å²) in [7, 11) is 0. The van der Waals surface area contributed by atoms with Gasteiger partial charge in [-0.15, -0.1) is 0 Å². The van der Waals surface area contributed by atoms with E-state index in [1.54, 1.807) is 55.5 Å². The van der Waals surface area contributed by atoms with E-state index >= 15 is 0 Å². The van der Waals surface area contributed by atoms with Crippen molar-refractivity contribution in [2.45, 2.75) is 25.6 Å². The van der Waals surface area contributed by atoms with Crippen LogP contribution < -0.4 is 16.4 Å². The number of ether oxygens (including phenoxy) is 1. The van der Waals surface area contributed by atoms with E-state index in [-0.39, 0.29) is 18.9 Å². The second-order valence-electron chi connectivity index (χ2n) is 8.26. The SMILES string of the molecule is CCOC(=O)N[C@@H](Cc1cccc(C(=N)N)c1)C(=O)Nc1ccc(-c2ccccc2C#N)cc1.O=C(O)C(F)(F)F. The Morgan fingerprint density at radius 3 is 2.27 bits per heavy atom. The van der Waals surface area contributed by atoms with Gasteiger partial charge in [0.15, 0.2) is 0 Å². The van der Waals surface area contributed by atoms with E-state index < -0.39 is 30.2 Å². The Morgan fingerprint density at radius 1 is 1.07 bits per heavy atom. The summed E-state index contributed by atoms with van der Waals surface area (Å²) in [5, 5.41) is 29.5. The lowest BCUT2D eigenvalue weighted by Gasteiger charge is -2.19. The smallest absolute Gasteiger partial charge is 0.475 e. The first-order valence-electron chi connectivity index (χ1n) is 11.9. The minimum Gasteiger partial charge on any atom is -0.475 e. The Hall–Kier alpha value is -5.38. The van der Waals surface area contributed by atoms with E-state index in [9.17, 15) is 28.0 Å². The first-order chi connectivity index (χ1) is 19.3. The fraction of sp³-hybridized carbons (Fsp3) is 0.179. The van der Waals surface area contributed by atoms with Crippen LogP contribution in [-0.2, 0) is 20.7 Å². The van der Waals surface area contributed by atoms with Gasteiger partial charge >= 0.3 is 18.2 Å². The number of benzene rings is 3. The molecular formula is C28H26F3N5O5. The number of aliphatic carboxylic acids is 1. The van der Waals surface area contributed by atoms with E-state index in [0.717, 1.165) is 16.7 Å². The Morgan fingerprint density at radius 2 is 1.71 bits per heavy atom. The Bertz CT molecular complexity index is 1440. The van der Waals surface area contributed by atoms with E-state index in [1.807, 2.05) is 24.3 Å². The Labute approximate surface area is 233 Å². The van der Waals surface area contributed by atoms with Crippen molar-refractivity contribution < 1.29 is 37.4 Å². The highest BCUT2D eigenvalue weighted by Crippen LogP contribution is 2.25. The minimum atomic E-state index is -5.08. The number of alkyl carbamates (subject to hydrolysis) is 1. The molecule has 0 radical (unpaired) electrons. The van der Waals surface area contributed by atoms with Gasteiger partial charge in [-0.2, -0.15) is 18.4 Å². The molecule has 2 amide bonds. The molecule has 10 nitrogen and oxygen atoms in total. The zero-order chi connectivity index (χ0) is 30.6. The maximum Gasteiger partial charge on any atom is 0.490 e. The Kier molecular flexibility index (Phi) is 11.4.